The second-order valence-corrected chi connectivity index (χ2v) is 9.28. The quantitative estimate of drug-likeness (QED) is 0.666. The van der Waals surface area contributed by atoms with Gasteiger partial charge in [0.15, 0.2) is 0 Å². The second kappa shape index (κ2) is 9.61. The SMILES string of the molecule is CN(CC(=O)Nc1ccc(Cl)c(S(=O)(=O)N2CCOCC2)c1)c1ccc(C(F)(F)F)cn1. The predicted octanol–water partition coefficient (Wildman–Crippen LogP) is 2.85. The minimum absolute atomic E-state index is 0.0144. The molecule has 0 spiro atoms. The van der Waals surface area contributed by atoms with Gasteiger partial charge in [0.2, 0.25) is 15.9 Å². The number of rotatable bonds is 6. The zero-order valence-corrected chi connectivity index (χ0v) is 18.5. The lowest BCUT2D eigenvalue weighted by Crippen LogP contribution is -2.40. The van der Waals surface area contributed by atoms with Crippen LogP contribution in [0.25, 0.3) is 0 Å². The molecule has 174 valence electrons. The van der Waals surface area contributed by atoms with Gasteiger partial charge in [-0.2, -0.15) is 17.5 Å². The van der Waals surface area contributed by atoms with Gasteiger partial charge in [-0.05, 0) is 30.3 Å². The monoisotopic (exact) mass is 492 g/mol. The Morgan fingerprint density at radius 3 is 2.53 bits per heavy atom. The minimum atomic E-state index is -4.50. The summed E-state index contributed by atoms with van der Waals surface area (Å²) in [6.07, 6.45) is -3.82. The molecule has 2 heterocycles. The summed E-state index contributed by atoms with van der Waals surface area (Å²) in [5, 5.41) is 2.58. The van der Waals surface area contributed by atoms with Crippen LogP contribution in [0.1, 0.15) is 5.56 Å². The van der Waals surface area contributed by atoms with Crippen molar-refractivity contribution in [1.82, 2.24) is 9.29 Å². The van der Waals surface area contributed by atoms with Crippen LogP contribution in [0.4, 0.5) is 24.7 Å². The second-order valence-electron chi connectivity index (χ2n) is 6.97. The summed E-state index contributed by atoms with van der Waals surface area (Å²) in [7, 11) is -2.38. The van der Waals surface area contributed by atoms with E-state index >= 15 is 0 Å². The van der Waals surface area contributed by atoms with Crippen molar-refractivity contribution in [3.63, 3.8) is 0 Å². The highest BCUT2D eigenvalue weighted by atomic mass is 35.5. The molecule has 0 saturated carbocycles. The summed E-state index contributed by atoms with van der Waals surface area (Å²) >= 11 is 6.10. The Balaban J connectivity index is 1.69. The number of sulfonamides is 1. The standard InChI is InChI=1S/C19H20ClF3N4O4S/c1-26(17-5-2-13(11-24-17)19(21,22)23)12-18(28)25-14-3-4-15(20)16(10-14)32(29,30)27-6-8-31-9-7-27/h2-5,10-11H,6-9,12H2,1H3,(H,25,28). The fraction of sp³-hybridized carbons (Fsp3) is 0.368. The van der Waals surface area contributed by atoms with E-state index in [0.717, 1.165) is 12.1 Å². The predicted molar refractivity (Wildman–Crippen MR) is 112 cm³/mol. The zero-order valence-electron chi connectivity index (χ0n) is 16.9. The third kappa shape index (κ3) is 5.68. The molecule has 1 aromatic carbocycles. The van der Waals surface area contributed by atoms with Gasteiger partial charge in [-0.1, -0.05) is 11.6 Å². The molecule has 13 heteroatoms. The molecule has 1 amide bonds. The molecule has 0 radical (unpaired) electrons. The molecular weight excluding hydrogens is 473 g/mol. The molecule has 0 aliphatic carbocycles. The molecule has 1 aliphatic rings. The summed E-state index contributed by atoms with van der Waals surface area (Å²) in [5.41, 5.74) is -0.686. The van der Waals surface area contributed by atoms with Gasteiger partial charge < -0.3 is 15.0 Å². The van der Waals surface area contributed by atoms with Gasteiger partial charge in [-0.15, -0.1) is 0 Å². The molecule has 8 nitrogen and oxygen atoms in total. The van der Waals surface area contributed by atoms with Gasteiger partial charge in [0.25, 0.3) is 0 Å². The maximum absolute atomic E-state index is 12.9. The van der Waals surface area contributed by atoms with Crippen LogP contribution in [-0.2, 0) is 25.7 Å². The van der Waals surface area contributed by atoms with E-state index in [1.807, 2.05) is 0 Å². The van der Waals surface area contributed by atoms with Crippen molar-refractivity contribution in [2.45, 2.75) is 11.1 Å². The number of halogens is 4. The van der Waals surface area contributed by atoms with E-state index in [1.54, 1.807) is 0 Å². The Bertz CT molecular complexity index is 1070. The number of alkyl halides is 3. The van der Waals surface area contributed by atoms with Crippen molar-refractivity contribution in [3.8, 4) is 0 Å². The number of hydrogen-bond donors (Lipinski definition) is 1. The first kappa shape index (κ1) is 24.2. The van der Waals surface area contributed by atoms with Crippen molar-refractivity contribution in [1.29, 1.82) is 0 Å². The molecule has 0 bridgehead atoms. The third-order valence-electron chi connectivity index (χ3n) is 4.65. The fourth-order valence-electron chi connectivity index (χ4n) is 2.98. The lowest BCUT2D eigenvalue weighted by molar-refractivity contribution is -0.137. The molecule has 32 heavy (non-hydrogen) atoms. The van der Waals surface area contributed by atoms with Crippen LogP contribution in [0.2, 0.25) is 5.02 Å². The lowest BCUT2D eigenvalue weighted by atomic mass is 10.2. The number of ether oxygens (including phenoxy) is 1. The van der Waals surface area contributed by atoms with E-state index in [1.165, 1.54) is 34.5 Å². The lowest BCUT2D eigenvalue weighted by Gasteiger charge is -2.26. The number of benzene rings is 1. The van der Waals surface area contributed by atoms with Crippen LogP contribution in [0.5, 0.6) is 0 Å². The number of nitrogens with one attached hydrogen (secondary N) is 1. The molecule has 1 N–H and O–H groups in total. The van der Waals surface area contributed by atoms with E-state index in [4.69, 9.17) is 16.3 Å². The van der Waals surface area contributed by atoms with Gasteiger partial charge in [-0.3, -0.25) is 4.79 Å². The molecular formula is C19H20ClF3N4O4S. The van der Waals surface area contributed by atoms with Gasteiger partial charge in [0, 0.05) is 32.0 Å². The van der Waals surface area contributed by atoms with Crippen LogP contribution >= 0.6 is 11.6 Å². The largest absolute Gasteiger partial charge is 0.417 e. The first-order chi connectivity index (χ1) is 15.0. The van der Waals surface area contributed by atoms with Crippen molar-refractivity contribution in [2.75, 3.05) is 50.1 Å². The number of carbonyl (C=O) groups is 1. The Morgan fingerprint density at radius 2 is 1.94 bits per heavy atom. The maximum Gasteiger partial charge on any atom is 0.417 e. The molecule has 1 fully saturated rings. The maximum atomic E-state index is 12.9. The molecule has 1 aliphatic heterocycles. The summed E-state index contributed by atoms with van der Waals surface area (Å²) in [6, 6.07) is 6.12. The highest BCUT2D eigenvalue weighted by Crippen LogP contribution is 2.30. The molecule has 0 atom stereocenters. The van der Waals surface area contributed by atoms with Gasteiger partial charge in [0.1, 0.15) is 10.7 Å². The van der Waals surface area contributed by atoms with E-state index in [9.17, 15) is 26.4 Å². The Labute approximate surface area is 188 Å². The average molecular weight is 493 g/mol. The summed E-state index contributed by atoms with van der Waals surface area (Å²) in [5.74, 6) is -0.355. The van der Waals surface area contributed by atoms with Gasteiger partial charge in [0.05, 0.1) is 30.3 Å². The third-order valence-corrected chi connectivity index (χ3v) is 7.03. The number of aromatic nitrogens is 1. The normalized spacial score (nSPS) is 15.4. The zero-order chi connectivity index (χ0) is 23.5. The summed E-state index contributed by atoms with van der Waals surface area (Å²) in [6.45, 7) is 0.710. The van der Waals surface area contributed by atoms with E-state index in [2.05, 4.69) is 10.3 Å². The van der Waals surface area contributed by atoms with Crippen LogP contribution in [0.15, 0.2) is 41.4 Å². The van der Waals surface area contributed by atoms with Crippen molar-refractivity contribution >= 4 is 39.0 Å². The van der Waals surface area contributed by atoms with Crippen LogP contribution in [0.3, 0.4) is 0 Å². The Morgan fingerprint density at radius 1 is 1.25 bits per heavy atom. The Hall–Kier alpha value is -2.41. The first-order valence-corrected chi connectivity index (χ1v) is 11.2. The summed E-state index contributed by atoms with van der Waals surface area (Å²) in [4.78, 5) is 17.3. The Kier molecular flexibility index (Phi) is 7.28. The number of nitrogens with zero attached hydrogens (tertiary/aromatic N) is 3. The number of amides is 1. The van der Waals surface area contributed by atoms with Crippen molar-refractivity contribution < 1.29 is 31.1 Å². The number of likely N-dealkylation sites (N-methyl/N-ethyl adjacent to an activating group) is 1. The highest BCUT2D eigenvalue weighted by Gasteiger charge is 2.31. The van der Waals surface area contributed by atoms with E-state index < -0.39 is 27.7 Å². The minimum Gasteiger partial charge on any atom is -0.379 e. The molecule has 1 saturated heterocycles. The topological polar surface area (TPSA) is 91.8 Å². The van der Waals surface area contributed by atoms with Gasteiger partial charge in [-0.25, -0.2) is 13.4 Å². The first-order valence-electron chi connectivity index (χ1n) is 9.40. The molecule has 2 aromatic rings. The summed E-state index contributed by atoms with van der Waals surface area (Å²) < 4.78 is 70.2. The van der Waals surface area contributed by atoms with Crippen LogP contribution in [-0.4, -0.2) is 63.5 Å². The van der Waals surface area contributed by atoms with Crippen molar-refractivity contribution in [3.05, 3.63) is 47.1 Å². The van der Waals surface area contributed by atoms with Crippen LogP contribution in [0, 0.1) is 0 Å². The number of anilines is 2. The van der Waals surface area contributed by atoms with E-state index in [-0.39, 0.29) is 54.3 Å². The highest BCUT2D eigenvalue weighted by molar-refractivity contribution is 7.89. The number of hydrogen-bond acceptors (Lipinski definition) is 6. The molecule has 0 unspecified atom stereocenters. The van der Waals surface area contributed by atoms with E-state index in [0.29, 0.717) is 6.20 Å². The average Bonchev–Trinajstić information content (AvgIpc) is 2.75. The number of morpholine rings is 1. The number of carbonyl (C=O) groups excluding carboxylic acids is 1. The molecule has 1 aromatic heterocycles. The fourth-order valence-corrected chi connectivity index (χ4v) is 4.89. The smallest absolute Gasteiger partial charge is 0.379 e. The van der Waals surface area contributed by atoms with Crippen molar-refractivity contribution in [2.24, 2.45) is 0 Å². The molecule has 3 rings (SSSR count). The van der Waals surface area contributed by atoms with Crippen LogP contribution < -0.4 is 10.2 Å². The van der Waals surface area contributed by atoms with Gasteiger partial charge >= 0.3 is 6.18 Å². The number of pyridine rings is 1.